The molecule has 9 nitrogen and oxygen atoms in total. The van der Waals surface area contributed by atoms with E-state index in [0.717, 1.165) is 67.6 Å². The highest BCUT2D eigenvalue weighted by atomic mass is 15.3. The van der Waals surface area contributed by atoms with E-state index in [1.807, 2.05) is 24.3 Å². The number of hydrogen-bond donors (Lipinski definition) is 1. The molecule has 8 rings (SSSR count). The lowest BCUT2D eigenvalue weighted by Gasteiger charge is -2.49. The van der Waals surface area contributed by atoms with Crippen LogP contribution in [-0.4, -0.2) is 96.3 Å². The van der Waals surface area contributed by atoms with Gasteiger partial charge in [0.15, 0.2) is 0 Å². The Labute approximate surface area is 279 Å². The van der Waals surface area contributed by atoms with Gasteiger partial charge in [0, 0.05) is 105 Å². The number of hydrogen-bond acceptors (Lipinski definition) is 9. The zero-order chi connectivity index (χ0) is 31.6. The molecule has 4 aromatic rings. The number of anilines is 2. The van der Waals surface area contributed by atoms with Crippen LogP contribution in [0.3, 0.4) is 0 Å². The third-order valence-corrected chi connectivity index (χ3v) is 10.4. The highest BCUT2D eigenvalue weighted by Crippen LogP contribution is 2.34. The van der Waals surface area contributed by atoms with Crippen LogP contribution in [0.1, 0.15) is 51.7 Å². The van der Waals surface area contributed by atoms with Crippen LogP contribution in [0, 0.1) is 22.7 Å². The summed E-state index contributed by atoms with van der Waals surface area (Å²) in [5, 5.41) is 24.3. The van der Waals surface area contributed by atoms with Crippen LogP contribution >= 0.6 is 0 Å². The summed E-state index contributed by atoms with van der Waals surface area (Å²) in [6.45, 7) is 13.3. The predicted octanol–water partition coefficient (Wildman–Crippen LogP) is 5.39. The summed E-state index contributed by atoms with van der Waals surface area (Å²) < 4.78 is 0. The summed E-state index contributed by atoms with van der Waals surface area (Å²) >= 11 is 0. The second kappa shape index (κ2) is 14.2. The largest absolute Gasteiger partial charge is 0.368 e. The monoisotopic (exact) mass is 629 g/mol. The van der Waals surface area contributed by atoms with E-state index in [9.17, 15) is 10.5 Å². The topological polar surface area (TPSA) is 98.3 Å². The molecule has 6 heterocycles. The van der Waals surface area contributed by atoms with Gasteiger partial charge in [0.1, 0.15) is 12.1 Å². The molecular weight excluding hydrogens is 582 g/mol. The fraction of sp³-hybridized carbons (Fsp3) is 0.474. The van der Waals surface area contributed by atoms with Crippen molar-refractivity contribution in [1.82, 2.24) is 25.1 Å². The van der Waals surface area contributed by atoms with Gasteiger partial charge in [-0.05, 0) is 81.8 Å². The van der Waals surface area contributed by atoms with E-state index in [1.54, 1.807) is 12.4 Å². The number of pyridine rings is 2. The number of nitrogens with one attached hydrogen (secondary N) is 1. The van der Waals surface area contributed by atoms with Gasteiger partial charge in [-0.15, -0.1) is 0 Å². The molecular formula is C38H47N9. The minimum atomic E-state index is 0. The molecule has 0 radical (unpaired) electrons. The Morgan fingerprint density at radius 3 is 1.83 bits per heavy atom. The molecule has 4 aliphatic rings. The summed E-state index contributed by atoms with van der Waals surface area (Å²) in [4.78, 5) is 19.2. The first-order valence-corrected chi connectivity index (χ1v) is 16.8. The summed E-state index contributed by atoms with van der Waals surface area (Å²) in [5.41, 5.74) is 5.37. The maximum atomic E-state index is 9.32. The van der Waals surface area contributed by atoms with Crippen LogP contribution in [0.2, 0.25) is 0 Å². The lowest BCUT2D eigenvalue weighted by molar-refractivity contribution is 0.0864. The van der Waals surface area contributed by atoms with Crippen LogP contribution in [0.15, 0.2) is 60.9 Å². The third-order valence-electron chi connectivity index (χ3n) is 10.4. The smallest absolute Gasteiger partial charge is 0.101 e. The zero-order valence-corrected chi connectivity index (χ0v) is 26.9. The molecule has 0 spiro atoms. The summed E-state index contributed by atoms with van der Waals surface area (Å²) in [5.74, 6) is 0. The number of fused-ring (bicyclic) bond motifs is 4. The summed E-state index contributed by atoms with van der Waals surface area (Å²) in [6.07, 6.45) is 7.52. The minimum Gasteiger partial charge on any atom is -0.368 e. The zero-order valence-electron chi connectivity index (χ0n) is 26.9. The first kappa shape index (κ1) is 32.7. The fourth-order valence-electron chi connectivity index (χ4n) is 8.27. The Bertz CT molecular complexity index is 1660. The molecule has 4 aliphatic heterocycles. The summed E-state index contributed by atoms with van der Waals surface area (Å²) in [6, 6.07) is 23.0. The van der Waals surface area contributed by atoms with Gasteiger partial charge in [-0.1, -0.05) is 13.8 Å². The second-order valence-electron chi connectivity index (χ2n) is 13.3. The van der Waals surface area contributed by atoms with E-state index in [4.69, 9.17) is 0 Å². The highest BCUT2D eigenvalue weighted by molar-refractivity contribution is 5.96. The van der Waals surface area contributed by atoms with Gasteiger partial charge in [0.25, 0.3) is 0 Å². The van der Waals surface area contributed by atoms with Crippen molar-refractivity contribution in [3.8, 4) is 12.1 Å². The van der Waals surface area contributed by atoms with Crippen molar-refractivity contribution >= 4 is 33.2 Å². The average molecular weight is 630 g/mol. The Hall–Kier alpha value is -4.28. The number of piperidine rings is 1. The molecule has 0 bridgehead atoms. The van der Waals surface area contributed by atoms with Crippen molar-refractivity contribution in [3.05, 3.63) is 72.1 Å². The van der Waals surface area contributed by atoms with Gasteiger partial charge < -0.3 is 15.1 Å². The minimum absolute atomic E-state index is 0. The quantitative estimate of drug-likeness (QED) is 0.313. The number of rotatable bonds is 2. The Morgan fingerprint density at radius 2 is 1.26 bits per heavy atom. The fourth-order valence-corrected chi connectivity index (χ4v) is 8.27. The molecule has 2 aromatic carbocycles. The molecule has 0 aliphatic carbocycles. The molecule has 1 N–H and O–H groups in total. The Morgan fingerprint density at radius 1 is 0.702 bits per heavy atom. The number of nitrogens with zero attached hydrogens (tertiary/aromatic N) is 8. The predicted molar refractivity (Wildman–Crippen MR) is 191 cm³/mol. The average Bonchev–Trinajstić information content (AvgIpc) is 3.11. The second-order valence-corrected chi connectivity index (χ2v) is 13.3. The molecule has 9 heteroatoms. The van der Waals surface area contributed by atoms with Gasteiger partial charge >= 0.3 is 0 Å². The third kappa shape index (κ3) is 6.36. The van der Waals surface area contributed by atoms with Crippen LogP contribution < -0.4 is 15.1 Å². The number of piperazine rings is 3. The van der Waals surface area contributed by atoms with Crippen molar-refractivity contribution in [2.24, 2.45) is 0 Å². The maximum absolute atomic E-state index is 9.32. The lowest BCUT2D eigenvalue weighted by atomic mass is 9.95. The van der Waals surface area contributed by atoms with Crippen molar-refractivity contribution in [3.63, 3.8) is 0 Å². The normalized spacial score (nSPS) is 24.6. The number of benzene rings is 2. The van der Waals surface area contributed by atoms with E-state index in [1.165, 1.54) is 37.2 Å². The van der Waals surface area contributed by atoms with Gasteiger partial charge in [-0.2, -0.15) is 10.5 Å². The van der Waals surface area contributed by atoms with Gasteiger partial charge in [0.05, 0.1) is 22.2 Å². The van der Waals surface area contributed by atoms with Crippen LogP contribution in [0.25, 0.3) is 21.8 Å². The Balaban J connectivity index is 0.000000161. The maximum Gasteiger partial charge on any atom is 0.101 e. The Kier molecular flexibility index (Phi) is 9.89. The van der Waals surface area contributed by atoms with Crippen molar-refractivity contribution in [2.75, 3.05) is 62.2 Å². The van der Waals surface area contributed by atoms with Crippen molar-refractivity contribution in [2.45, 2.75) is 64.7 Å². The van der Waals surface area contributed by atoms with Gasteiger partial charge in [-0.3, -0.25) is 19.8 Å². The first-order chi connectivity index (χ1) is 22.6. The van der Waals surface area contributed by atoms with Gasteiger partial charge in [-0.25, -0.2) is 0 Å². The molecule has 2 aromatic heterocycles. The molecule has 0 saturated carbocycles. The first-order valence-electron chi connectivity index (χ1n) is 16.8. The summed E-state index contributed by atoms with van der Waals surface area (Å²) in [7, 11) is 0. The molecule has 0 amide bonds. The highest BCUT2D eigenvalue weighted by Gasteiger charge is 2.35. The molecule has 47 heavy (non-hydrogen) atoms. The van der Waals surface area contributed by atoms with Crippen LogP contribution in [0.5, 0.6) is 0 Å². The van der Waals surface area contributed by atoms with E-state index in [-0.39, 0.29) is 7.43 Å². The molecule has 244 valence electrons. The van der Waals surface area contributed by atoms with Crippen molar-refractivity contribution < 1.29 is 0 Å². The van der Waals surface area contributed by atoms with Crippen LogP contribution in [-0.2, 0) is 0 Å². The van der Waals surface area contributed by atoms with Crippen LogP contribution in [0.4, 0.5) is 11.4 Å². The lowest BCUT2D eigenvalue weighted by Crippen LogP contribution is -2.64. The molecule has 0 unspecified atom stereocenters. The number of aromatic nitrogens is 2. The number of nitriles is 2. The SMILES string of the molecule is C.C[C@@H]1CN(c2ccc(C#N)c3ncccc23)C[C@H]2CNCCN21.C[C@H]1CN(c2ccc(C#N)c3ncccc23)C[C@@H]2CCCCN21. The molecule has 4 fully saturated rings. The molecule has 4 atom stereocenters. The standard InChI is InChI=1S/C19H22N4.C18H21N5.CH4/c1-14-12-22(13-16-5-2-3-10-23(14)16)18-8-7-15(11-20)19-17(18)6-4-9-21-19;1-13-11-22(12-15-10-20-7-8-23(13)15)17-5-4-14(9-19)18-16(17)3-2-6-21-18;/h4,6-9,14,16H,2-3,5,10,12-13H2,1H3;2-6,13,15,20H,7-8,10-12H2,1H3;1H4/t14-,16-;13-,15-;/m01./s1. The van der Waals surface area contributed by atoms with E-state index in [0.29, 0.717) is 35.3 Å². The van der Waals surface area contributed by atoms with E-state index >= 15 is 0 Å². The molecule has 4 saturated heterocycles. The van der Waals surface area contributed by atoms with E-state index in [2.05, 4.69) is 85.1 Å². The van der Waals surface area contributed by atoms with Gasteiger partial charge in [0.2, 0.25) is 0 Å². The van der Waals surface area contributed by atoms with Crippen molar-refractivity contribution in [1.29, 1.82) is 10.5 Å². The van der Waals surface area contributed by atoms with E-state index < -0.39 is 0 Å².